The number of oxime groups is 1. The van der Waals surface area contributed by atoms with Crippen LogP contribution in [0.4, 0.5) is 0 Å². The number of aryl methyl sites for hydroxylation is 1. The fourth-order valence-electron chi connectivity index (χ4n) is 2.31. The van der Waals surface area contributed by atoms with Crippen molar-refractivity contribution in [1.82, 2.24) is 0 Å². The zero-order valence-corrected chi connectivity index (χ0v) is 13.2. The molecule has 0 atom stereocenters. The molecule has 22 heavy (non-hydrogen) atoms. The van der Waals surface area contributed by atoms with E-state index in [1.807, 2.05) is 36.4 Å². The topological polar surface area (TPSA) is 38.7 Å². The van der Waals surface area contributed by atoms with Gasteiger partial charge in [0.1, 0.15) is 5.71 Å². The molecule has 0 N–H and O–H groups in total. The van der Waals surface area contributed by atoms with Gasteiger partial charge in [-0.15, -0.1) is 11.3 Å². The van der Waals surface area contributed by atoms with E-state index in [0.29, 0.717) is 11.3 Å². The van der Waals surface area contributed by atoms with Crippen LogP contribution < -0.4 is 0 Å². The molecule has 3 nitrogen and oxygen atoms in total. The highest BCUT2D eigenvalue weighted by Gasteiger charge is 2.26. The molecule has 2 aromatic rings. The SMILES string of the molecule is CCCCc1ccc(/C=C2\C(=O)ON=C2c2ccccc2)s1. The number of hydrogen-bond donors (Lipinski definition) is 0. The van der Waals surface area contributed by atoms with E-state index in [9.17, 15) is 4.79 Å². The third kappa shape index (κ3) is 3.17. The standard InChI is InChI=1S/C18H17NO2S/c1-2-3-9-14-10-11-15(22-14)12-16-17(19-21-18(16)20)13-7-5-4-6-8-13/h4-8,10-12H,2-3,9H2,1H3/b16-12-. The third-order valence-corrected chi connectivity index (χ3v) is 4.58. The molecule has 0 saturated carbocycles. The Kier molecular flexibility index (Phi) is 4.49. The number of nitrogens with zero attached hydrogens (tertiary/aromatic N) is 1. The summed E-state index contributed by atoms with van der Waals surface area (Å²) in [6.07, 6.45) is 5.34. The van der Waals surface area contributed by atoms with Gasteiger partial charge in [0.25, 0.3) is 0 Å². The van der Waals surface area contributed by atoms with E-state index in [1.165, 1.54) is 17.7 Å². The van der Waals surface area contributed by atoms with Crippen LogP contribution in [0.15, 0.2) is 53.2 Å². The normalized spacial score (nSPS) is 16.0. The summed E-state index contributed by atoms with van der Waals surface area (Å²) < 4.78 is 0. The van der Waals surface area contributed by atoms with E-state index in [4.69, 9.17) is 4.84 Å². The molecule has 0 aliphatic carbocycles. The molecule has 1 aromatic heterocycles. The van der Waals surface area contributed by atoms with Gasteiger partial charge in [0.15, 0.2) is 0 Å². The molecule has 1 aliphatic heterocycles. The predicted octanol–water partition coefficient (Wildman–Crippen LogP) is 4.44. The lowest BCUT2D eigenvalue weighted by Crippen LogP contribution is -2.06. The Bertz CT molecular complexity index is 729. The van der Waals surface area contributed by atoms with Crippen molar-refractivity contribution in [2.24, 2.45) is 5.16 Å². The molecule has 4 heteroatoms. The van der Waals surface area contributed by atoms with Gasteiger partial charge >= 0.3 is 5.97 Å². The molecule has 0 saturated heterocycles. The second-order valence-electron chi connectivity index (χ2n) is 5.15. The van der Waals surface area contributed by atoms with Gasteiger partial charge in [-0.1, -0.05) is 48.8 Å². The number of thiophene rings is 1. The lowest BCUT2D eigenvalue weighted by atomic mass is 10.0. The highest BCUT2D eigenvalue weighted by Crippen LogP contribution is 2.25. The Morgan fingerprint density at radius 1 is 1.18 bits per heavy atom. The average molecular weight is 311 g/mol. The van der Waals surface area contributed by atoms with Crippen molar-refractivity contribution < 1.29 is 9.63 Å². The Morgan fingerprint density at radius 3 is 2.77 bits per heavy atom. The van der Waals surface area contributed by atoms with Crippen LogP contribution in [0.5, 0.6) is 0 Å². The minimum atomic E-state index is -0.387. The first kappa shape index (κ1) is 14.7. The summed E-state index contributed by atoms with van der Waals surface area (Å²) in [6, 6.07) is 13.8. The van der Waals surface area contributed by atoms with Crippen LogP contribution in [-0.4, -0.2) is 11.7 Å². The van der Waals surface area contributed by atoms with Gasteiger partial charge in [-0.25, -0.2) is 4.79 Å². The highest BCUT2D eigenvalue weighted by atomic mass is 32.1. The van der Waals surface area contributed by atoms with Crippen molar-refractivity contribution in [2.75, 3.05) is 0 Å². The van der Waals surface area contributed by atoms with Crippen LogP contribution in [0.1, 0.15) is 35.1 Å². The second kappa shape index (κ2) is 6.71. The average Bonchev–Trinajstić information content (AvgIpc) is 3.14. The maximum Gasteiger partial charge on any atom is 0.368 e. The van der Waals surface area contributed by atoms with Gasteiger partial charge in [-0.05, 0) is 31.1 Å². The molecule has 1 aromatic carbocycles. The number of carbonyl (C=O) groups is 1. The molecule has 0 amide bonds. The van der Waals surface area contributed by atoms with Crippen LogP contribution in [-0.2, 0) is 16.1 Å². The fraction of sp³-hybridized carbons (Fsp3) is 0.222. The van der Waals surface area contributed by atoms with Gasteiger partial charge in [0.2, 0.25) is 0 Å². The first-order valence-electron chi connectivity index (χ1n) is 7.43. The third-order valence-electron chi connectivity index (χ3n) is 3.49. The van der Waals surface area contributed by atoms with Crippen LogP contribution >= 0.6 is 11.3 Å². The summed E-state index contributed by atoms with van der Waals surface area (Å²) in [6.45, 7) is 2.19. The minimum Gasteiger partial charge on any atom is -0.312 e. The largest absolute Gasteiger partial charge is 0.368 e. The fourth-order valence-corrected chi connectivity index (χ4v) is 3.31. The number of hydrogen-bond acceptors (Lipinski definition) is 4. The molecule has 0 radical (unpaired) electrons. The second-order valence-corrected chi connectivity index (χ2v) is 6.35. The van der Waals surface area contributed by atoms with Gasteiger partial charge in [0, 0.05) is 15.3 Å². The van der Waals surface area contributed by atoms with Crippen molar-refractivity contribution in [3.8, 4) is 0 Å². The molecule has 0 bridgehead atoms. The monoisotopic (exact) mass is 311 g/mol. The van der Waals surface area contributed by atoms with E-state index in [0.717, 1.165) is 16.9 Å². The molecule has 112 valence electrons. The highest BCUT2D eigenvalue weighted by molar-refractivity contribution is 7.12. The Balaban J connectivity index is 1.87. The molecule has 0 fully saturated rings. The first-order valence-corrected chi connectivity index (χ1v) is 8.25. The smallest absolute Gasteiger partial charge is 0.312 e. The summed E-state index contributed by atoms with van der Waals surface area (Å²) in [4.78, 5) is 19.2. The van der Waals surface area contributed by atoms with E-state index in [1.54, 1.807) is 11.3 Å². The van der Waals surface area contributed by atoms with Crippen LogP contribution in [0, 0.1) is 0 Å². The van der Waals surface area contributed by atoms with Gasteiger partial charge < -0.3 is 4.84 Å². The molecular formula is C18H17NO2S. The van der Waals surface area contributed by atoms with Crippen molar-refractivity contribution in [3.05, 3.63) is 63.4 Å². The van der Waals surface area contributed by atoms with Crippen molar-refractivity contribution >= 4 is 29.1 Å². The van der Waals surface area contributed by atoms with Crippen molar-refractivity contribution in [3.63, 3.8) is 0 Å². The number of carbonyl (C=O) groups excluding carboxylic acids is 1. The van der Waals surface area contributed by atoms with Crippen LogP contribution in [0.25, 0.3) is 6.08 Å². The first-order chi connectivity index (χ1) is 10.8. The number of unbranched alkanes of at least 4 members (excludes halogenated alkanes) is 1. The van der Waals surface area contributed by atoms with Crippen LogP contribution in [0.2, 0.25) is 0 Å². The Labute approximate surface area is 133 Å². The molecule has 2 heterocycles. The van der Waals surface area contributed by atoms with Crippen molar-refractivity contribution in [2.45, 2.75) is 26.2 Å². The van der Waals surface area contributed by atoms with E-state index < -0.39 is 0 Å². The summed E-state index contributed by atoms with van der Waals surface area (Å²) >= 11 is 1.72. The summed E-state index contributed by atoms with van der Waals surface area (Å²) in [7, 11) is 0. The quantitative estimate of drug-likeness (QED) is 0.605. The maximum absolute atomic E-state index is 11.9. The van der Waals surface area contributed by atoms with Crippen LogP contribution in [0.3, 0.4) is 0 Å². The van der Waals surface area contributed by atoms with Gasteiger partial charge in [-0.3, -0.25) is 0 Å². The van der Waals surface area contributed by atoms with E-state index in [2.05, 4.69) is 24.2 Å². The Hall–Kier alpha value is -2.20. The molecule has 1 aliphatic rings. The molecule has 0 spiro atoms. The zero-order chi connectivity index (χ0) is 15.4. The number of rotatable bonds is 5. The predicted molar refractivity (Wildman–Crippen MR) is 90.0 cm³/mol. The van der Waals surface area contributed by atoms with Gasteiger partial charge in [0.05, 0.1) is 5.57 Å². The molecular weight excluding hydrogens is 294 g/mol. The van der Waals surface area contributed by atoms with E-state index in [-0.39, 0.29) is 5.97 Å². The summed E-state index contributed by atoms with van der Waals surface area (Å²) in [5.74, 6) is -0.387. The zero-order valence-electron chi connectivity index (χ0n) is 12.4. The minimum absolute atomic E-state index is 0.387. The lowest BCUT2D eigenvalue weighted by Gasteiger charge is -1.99. The molecule has 0 unspecified atom stereocenters. The van der Waals surface area contributed by atoms with Gasteiger partial charge in [-0.2, -0.15) is 0 Å². The summed E-state index contributed by atoms with van der Waals surface area (Å²) in [5.41, 5.74) is 2.02. The maximum atomic E-state index is 11.9. The molecule has 3 rings (SSSR count). The van der Waals surface area contributed by atoms with E-state index >= 15 is 0 Å². The Morgan fingerprint density at radius 2 is 2.00 bits per heavy atom. The lowest BCUT2D eigenvalue weighted by molar-refractivity contribution is -0.136. The number of benzene rings is 1. The van der Waals surface area contributed by atoms with Crippen molar-refractivity contribution in [1.29, 1.82) is 0 Å². The summed E-state index contributed by atoms with van der Waals surface area (Å²) in [5, 5.41) is 3.92.